The lowest BCUT2D eigenvalue weighted by atomic mass is 10.2. The zero-order chi connectivity index (χ0) is 10.0. The number of aryl methyl sites for hydroxylation is 1. The minimum Gasteiger partial charge on any atom is -0.363 e. The first-order chi connectivity index (χ1) is 6.78. The third-order valence-corrected chi connectivity index (χ3v) is 2.72. The first-order valence-electron chi connectivity index (χ1n) is 5.07. The van der Waals surface area contributed by atoms with Crippen LogP contribution in [0.2, 0.25) is 0 Å². The van der Waals surface area contributed by atoms with Gasteiger partial charge in [-0.05, 0) is 19.3 Å². The molecule has 3 N–H and O–H groups in total. The lowest BCUT2D eigenvalue weighted by Gasteiger charge is -2.15. The van der Waals surface area contributed by atoms with Crippen molar-refractivity contribution in [3.8, 4) is 0 Å². The van der Waals surface area contributed by atoms with Gasteiger partial charge in [-0.2, -0.15) is 0 Å². The van der Waals surface area contributed by atoms with Crippen LogP contribution in [-0.4, -0.2) is 22.1 Å². The molecule has 4 nitrogen and oxygen atoms in total. The Hall–Kier alpha value is -1.16. The maximum atomic E-state index is 5.68. The van der Waals surface area contributed by atoms with Gasteiger partial charge in [-0.3, -0.25) is 0 Å². The molecule has 0 aromatic carbocycles. The molecule has 14 heavy (non-hydrogen) atoms. The number of hydrogen-bond acceptors (Lipinski definition) is 4. The van der Waals surface area contributed by atoms with Crippen molar-refractivity contribution in [3.05, 3.63) is 18.1 Å². The number of nitrogens with two attached hydrogens (primary N) is 1. The van der Waals surface area contributed by atoms with Crippen molar-refractivity contribution in [2.45, 2.75) is 31.7 Å². The van der Waals surface area contributed by atoms with E-state index in [4.69, 9.17) is 5.73 Å². The SMILES string of the molecule is CCc1cc(NC2(CN)CC2)ncn1. The Kier molecular flexibility index (Phi) is 2.37. The van der Waals surface area contributed by atoms with Crippen molar-refractivity contribution in [1.82, 2.24) is 9.97 Å². The van der Waals surface area contributed by atoms with Crippen LogP contribution in [-0.2, 0) is 6.42 Å². The highest BCUT2D eigenvalue weighted by molar-refractivity contribution is 5.41. The second kappa shape index (κ2) is 3.53. The van der Waals surface area contributed by atoms with E-state index >= 15 is 0 Å². The number of hydrogen-bond donors (Lipinski definition) is 2. The third-order valence-electron chi connectivity index (χ3n) is 2.72. The highest BCUT2D eigenvalue weighted by atomic mass is 15.1. The highest BCUT2D eigenvalue weighted by Gasteiger charge is 2.41. The monoisotopic (exact) mass is 192 g/mol. The van der Waals surface area contributed by atoms with Crippen molar-refractivity contribution in [1.29, 1.82) is 0 Å². The van der Waals surface area contributed by atoms with E-state index < -0.39 is 0 Å². The normalized spacial score (nSPS) is 17.9. The second-order valence-corrected chi connectivity index (χ2v) is 3.86. The lowest BCUT2D eigenvalue weighted by molar-refractivity contribution is 0.735. The fraction of sp³-hybridized carbons (Fsp3) is 0.600. The lowest BCUT2D eigenvalue weighted by Crippen LogP contribution is -2.31. The van der Waals surface area contributed by atoms with Gasteiger partial charge in [-0.1, -0.05) is 6.92 Å². The largest absolute Gasteiger partial charge is 0.363 e. The summed E-state index contributed by atoms with van der Waals surface area (Å²) in [6.07, 6.45) is 4.84. The van der Waals surface area contributed by atoms with Crippen molar-refractivity contribution in [3.63, 3.8) is 0 Å². The van der Waals surface area contributed by atoms with Crippen molar-refractivity contribution < 1.29 is 0 Å². The molecule has 76 valence electrons. The van der Waals surface area contributed by atoms with Crippen molar-refractivity contribution in [2.75, 3.05) is 11.9 Å². The molecule has 0 atom stereocenters. The maximum absolute atomic E-state index is 5.68. The fourth-order valence-corrected chi connectivity index (χ4v) is 1.46. The summed E-state index contributed by atoms with van der Waals surface area (Å²) in [6, 6.07) is 2.00. The molecule has 1 aliphatic rings. The Morgan fingerprint density at radius 2 is 2.29 bits per heavy atom. The van der Waals surface area contributed by atoms with Crippen LogP contribution < -0.4 is 11.1 Å². The summed E-state index contributed by atoms with van der Waals surface area (Å²) in [7, 11) is 0. The predicted octanol–water partition coefficient (Wildman–Crippen LogP) is 0.942. The highest BCUT2D eigenvalue weighted by Crippen LogP contribution is 2.37. The molecule has 0 aliphatic heterocycles. The van der Waals surface area contributed by atoms with E-state index in [2.05, 4.69) is 22.2 Å². The average Bonchev–Trinajstić information content (AvgIpc) is 2.99. The summed E-state index contributed by atoms with van der Waals surface area (Å²) in [5, 5.41) is 3.38. The minimum absolute atomic E-state index is 0.124. The zero-order valence-corrected chi connectivity index (χ0v) is 8.45. The standard InChI is InChI=1S/C10H16N4/c1-2-8-5-9(13-7-12-8)14-10(6-11)3-4-10/h5,7H,2-4,6,11H2,1H3,(H,12,13,14). The Morgan fingerprint density at radius 1 is 1.50 bits per heavy atom. The molecule has 1 aromatic heterocycles. The van der Waals surface area contributed by atoms with Crippen molar-refractivity contribution >= 4 is 5.82 Å². The summed E-state index contributed by atoms with van der Waals surface area (Å²) >= 11 is 0. The molecule has 1 heterocycles. The predicted molar refractivity (Wildman–Crippen MR) is 56.1 cm³/mol. The van der Waals surface area contributed by atoms with E-state index in [1.807, 2.05) is 6.07 Å². The van der Waals surface area contributed by atoms with E-state index in [9.17, 15) is 0 Å². The second-order valence-electron chi connectivity index (χ2n) is 3.86. The van der Waals surface area contributed by atoms with E-state index in [0.29, 0.717) is 6.54 Å². The molecule has 2 rings (SSSR count). The summed E-state index contributed by atoms with van der Waals surface area (Å²) in [5.74, 6) is 0.903. The summed E-state index contributed by atoms with van der Waals surface area (Å²) in [4.78, 5) is 8.33. The smallest absolute Gasteiger partial charge is 0.130 e. The van der Waals surface area contributed by atoms with E-state index in [1.54, 1.807) is 6.33 Å². The van der Waals surface area contributed by atoms with Gasteiger partial charge in [0.2, 0.25) is 0 Å². The number of rotatable bonds is 4. The van der Waals surface area contributed by atoms with Gasteiger partial charge >= 0.3 is 0 Å². The molecule has 0 unspecified atom stereocenters. The molecule has 1 aromatic rings. The number of anilines is 1. The van der Waals surface area contributed by atoms with Crippen LogP contribution in [0.4, 0.5) is 5.82 Å². The molecule has 1 saturated carbocycles. The fourth-order valence-electron chi connectivity index (χ4n) is 1.46. The molecule has 0 saturated heterocycles. The van der Waals surface area contributed by atoms with Crippen molar-refractivity contribution in [2.24, 2.45) is 5.73 Å². The van der Waals surface area contributed by atoms with E-state index in [0.717, 1.165) is 30.8 Å². The van der Waals surface area contributed by atoms with Gasteiger partial charge in [0.15, 0.2) is 0 Å². The number of nitrogens with one attached hydrogen (secondary N) is 1. The molecule has 4 heteroatoms. The molecule has 1 fully saturated rings. The van der Waals surface area contributed by atoms with E-state index in [1.165, 1.54) is 0 Å². The Labute approximate surface area is 83.9 Å². The van der Waals surface area contributed by atoms with Crippen LogP contribution in [0.1, 0.15) is 25.5 Å². The van der Waals surface area contributed by atoms with Crippen LogP contribution in [0, 0.1) is 0 Å². The van der Waals surface area contributed by atoms with Gasteiger partial charge in [0, 0.05) is 18.3 Å². The minimum atomic E-state index is 0.124. The van der Waals surface area contributed by atoms with Gasteiger partial charge in [0.1, 0.15) is 12.1 Å². The first-order valence-corrected chi connectivity index (χ1v) is 5.07. The Balaban J connectivity index is 2.09. The number of aromatic nitrogens is 2. The van der Waals surface area contributed by atoms with Crippen LogP contribution in [0.5, 0.6) is 0 Å². The van der Waals surface area contributed by atoms with Crippen LogP contribution in [0.3, 0.4) is 0 Å². The van der Waals surface area contributed by atoms with E-state index in [-0.39, 0.29) is 5.54 Å². The number of nitrogens with zero attached hydrogens (tertiary/aromatic N) is 2. The molecular weight excluding hydrogens is 176 g/mol. The quantitative estimate of drug-likeness (QED) is 0.745. The topological polar surface area (TPSA) is 63.8 Å². The Morgan fingerprint density at radius 3 is 2.86 bits per heavy atom. The first kappa shape index (κ1) is 9.40. The summed E-state index contributed by atoms with van der Waals surface area (Å²) in [6.45, 7) is 2.76. The molecule has 0 amide bonds. The van der Waals surface area contributed by atoms with Gasteiger partial charge in [-0.25, -0.2) is 9.97 Å². The van der Waals surface area contributed by atoms with Gasteiger partial charge in [0.05, 0.1) is 5.54 Å². The maximum Gasteiger partial charge on any atom is 0.130 e. The van der Waals surface area contributed by atoms with Gasteiger partial charge < -0.3 is 11.1 Å². The van der Waals surface area contributed by atoms with Gasteiger partial charge in [0.25, 0.3) is 0 Å². The Bertz CT molecular complexity index is 320. The molecule has 0 spiro atoms. The van der Waals surface area contributed by atoms with Crippen LogP contribution in [0.15, 0.2) is 12.4 Å². The third kappa shape index (κ3) is 1.85. The molecule has 0 radical (unpaired) electrons. The zero-order valence-electron chi connectivity index (χ0n) is 8.45. The molecule has 0 bridgehead atoms. The average molecular weight is 192 g/mol. The molecule has 1 aliphatic carbocycles. The molecular formula is C10H16N4. The van der Waals surface area contributed by atoms with Gasteiger partial charge in [-0.15, -0.1) is 0 Å². The summed E-state index contributed by atoms with van der Waals surface area (Å²) in [5.41, 5.74) is 6.87. The van der Waals surface area contributed by atoms with Crippen LogP contribution >= 0.6 is 0 Å². The summed E-state index contributed by atoms with van der Waals surface area (Å²) < 4.78 is 0. The van der Waals surface area contributed by atoms with Crippen LogP contribution in [0.25, 0.3) is 0 Å².